The zero-order valence-electron chi connectivity index (χ0n) is 15.2. The lowest BCUT2D eigenvalue weighted by atomic mass is 10.2. The van der Waals surface area contributed by atoms with E-state index in [9.17, 15) is 13.2 Å². The van der Waals surface area contributed by atoms with Crippen LogP contribution in [0.3, 0.4) is 0 Å². The fourth-order valence-corrected chi connectivity index (χ4v) is 3.77. The van der Waals surface area contributed by atoms with Crippen molar-refractivity contribution in [1.82, 2.24) is 19.0 Å². The van der Waals surface area contributed by atoms with Crippen molar-refractivity contribution in [3.8, 4) is 0 Å². The van der Waals surface area contributed by atoms with E-state index in [4.69, 9.17) is 9.57 Å². The van der Waals surface area contributed by atoms with Crippen LogP contribution in [0.2, 0.25) is 0 Å². The minimum atomic E-state index is -3.77. The summed E-state index contributed by atoms with van der Waals surface area (Å²) in [7, 11) is -2.05. The molecule has 1 unspecified atom stereocenters. The van der Waals surface area contributed by atoms with Gasteiger partial charge in [0.2, 0.25) is 0 Å². The van der Waals surface area contributed by atoms with Crippen LogP contribution in [0, 0.1) is 6.92 Å². The van der Waals surface area contributed by atoms with Gasteiger partial charge in [0, 0.05) is 44.7 Å². The molecule has 27 heavy (non-hydrogen) atoms. The Bertz CT molecular complexity index is 919. The molecule has 1 fully saturated rings. The third-order valence-electron chi connectivity index (χ3n) is 4.17. The first-order chi connectivity index (χ1) is 12.9. The number of imidazole rings is 1. The standard InChI is InChI=1S/C17H22N4O5S/c1-13-18-16(12-20(13)2)27(23,24)21-9-8-14(11-21)6-7-15(22)19-26-17-5-3-4-10-25-17/h6-9,11-12,17H,3-5,10H2,1-2H3,(H,19,22)/b7-6+. The van der Waals surface area contributed by atoms with Gasteiger partial charge in [0.15, 0.2) is 11.3 Å². The Morgan fingerprint density at radius 3 is 2.89 bits per heavy atom. The molecule has 2 aromatic heterocycles. The SMILES string of the molecule is Cc1nc(S(=O)(=O)n2ccc(/C=C/C(=O)NOC3CCCCO3)c2)cn1C. The zero-order valence-corrected chi connectivity index (χ0v) is 16.0. The molecule has 0 saturated carbocycles. The van der Waals surface area contributed by atoms with Crippen molar-refractivity contribution in [1.29, 1.82) is 0 Å². The summed E-state index contributed by atoms with van der Waals surface area (Å²) in [6.07, 6.45) is 9.33. The van der Waals surface area contributed by atoms with Crippen molar-refractivity contribution in [2.24, 2.45) is 7.05 Å². The van der Waals surface area contributed by atoms with Crippen LogP contribution < -0.4 is 5.48 Å². The molecule has 1 amide bonds. The predicted molar refractivity (Wildman–Crippen MR) is 96.8 cm³/mol. The molecule has 1 N–H and O–H groups in total. The number of carbonyl (C=O) groups excluding carboxylic acids is 1. The largest absolute Gasteiger partial charge is 0.350 e. The van der Waals surface area contributed by atoms with E-state index in [1.165, 1.54) is 30.7 Å². The molecule has 3 rings (SSSR count). The van der Waals surface area contributed by atoms with Crippen molar-refractivity contribution in [2.45, 2.75) is 37.5 Å². The lowest BCUT2D eigenvalue weighted by Gasteiger charge is -2.21. The van der Waals surface area contributed by atoms with Crippen molar-refractivity contribution in [3.05, 3.63) is 42.1 Å². The number of amides is 1. The van der Waals surface area contributed by atoms with Crippen molar-refractivity contribution >= 4 is 22.0 Å². The van der Waals surface area contributed by atoms with E-state index in [0.717, 1.165) is 23.2 Å². The quantitative estimate of drug-likeness (QED) is 0.586. The van der Waals surface area contributed by atoms with E-state index in [1.54, 1.807) is 24.6 Å². The van der Waals surface area contributed by atoms with Gasteiger partial charge < -0.3 is 9.30 Å². The molecule has 0 spiro atoms. The molecule has 0 aliphatic carbocycles. The van der Waals surface area contributed by atoms with Gasteiger partial charge in [-0.25, -0.2) is 19.3 Å². The number of ether oxygens (including phenoxy) is 1. The number of carbonyl (C=O) groups is 1. The fraction of sp³-hybridized carbons (Fsp3) is 0.412. The second-order valence-corrected chi connectivity index (χ2v) is 8.02. The number of nitrogens with zero attached hydrogens (tertiary/aromatic N) is 3. The molecule has 1 aliphatic rings. The molecule has 10 heteroatoms. The lowest BCUT2D eigenvalue weighted by Crippen LogP contribution is -2.32. The minimum absolute atomic E-state index is 0.0349. The van der Waals surface area contributed by atoms with Crippen LogP contribution >= 0.6 is 0 Å². The summed E-state index contributed by atoms with van der Waals surface area (Å²) in [6, 6.07) is 1.59. The molecular formula is C17H22N4O5S. The van der Waals surface area contributed by atoms with Crippen LogP contribution in [0.1, 0.15) is 30.7 Å². The predicted octanol–water partition coefficient (Wildman–Crippen LogP) is 1.35. The molecule has 0 bridgehead atoms. The monoisotopic (exact) mass is 394 g/mol. The number of nitrogens with one attached hydrogen (secondary N) is 1. The Balaban J connectivity index is 1.61. The maximum atomic E-state index is 12.6. The van der Waals surface area contributed by atoms with Gasteiger partial charge in [-0.1, -0.05) is 0 Å². The van der Waals surface area contributed by atoms with Gasteiger partial charge in [0.25, 0.3) is 15.9 Å². The summed E-state index contributed by atoms with van der Waals surface area (Å²) in [4.78, 5) is 21.0. The first kappa shape index (κ1) is 19.3. The van der Waals surface area contributed by atoms with Crippen LogP contribution in [0.25, 0.3) is 6.08 Å². The number of aryl methyl sites for hydroxylation is 2. The smallest absolute Gasteiger partial charge is 0.286 e. The average Bonchev–Trinajstić information content (AvgIpc) is 3.27. The highest BCUT2D eigenvalue weighted by Gasteiger charge is 2.20. The van der Waals surface area contributed by atoms with Gasteiger partial charge in [-0.05, 0) is 37.5 Å². The van der Waals surface area contributed by atoms with E-state index < -0.39 is 22.2 Å². The molecule has 0 aromatic carbocycles. The highest BCUT2D eigenvalue weighted by atomic mass is 32.2. The second-order valence-electron chi connectivity index (χ2n) is 6.23. The van der Waals surface area contributed by atoms with Gasteiger partial charge in [-0.3, -0.25) is 4.79 Å². The normalized spacial score (nSPS) is 18.1. The summed E-state index contributed by atoms with van der Waals surface area (Å²) in [5.41, 5.74) is 2.86. The molecule has 1 saturated heterocycles. The molecule has 1 atom stereocenters. The van der Waals surface area contributed by atoms with Crippen LogP contribution in [0.5, 0.6) is 0 Å². The van der Waals surface area contributed by atoms with Gasteiger partial charge in [0.05, 0.1) is 0 Å². The zero-order chi connectivity index (χ0) is 19.4. The second kappa shape index (κ2) is 8.07. The maximum Gasteiger partial charge on any atom is 0.286 e. The first-order valence-electron chi connectivity index (χ1n) is 8.55. The highest BCUT2D eigenvalue weighted by molar-refractivity contribution is 7.89. The van der Waals surface area contributed by atoms with Gasteiger partial charge in [0.1, 0.15) is 5.82 Å². The number of aromatic nitrogens is 3. The minimum Gasteiger partial charge on any atom is -0.350 e. The van der Waals surface area contributed by atoms with Crippen LogP contribution in [-0.4, -0.2) is 40.7 Å². The summed E-state index contributed by atoms with van der Waals surface area (Å²) in [5, 5.41) is -0.0349. The van der Waals surface area contributed by atoms with Crippen LogP contribution in [0.15, 0.2) is 35.8 Å². The van der Waals surface area contributed by atoms with E-state index in [0.29, 0.717) is 18.0 Å². The fourth-order valence-electron chi connectivity index (χ4n) is 2.53. The summed E-state index contributed by atoms with van der Waals surface area (Å²) in [6.45, 7) is 2.34. The highest BCUT2D eigenvalue weighted by Crippen LogP contribution is 2.15. The van der Waals surface area contributed by atoms with Crippen molar-refractivity contribution in [2.75, 3.05) is 6.61 Å². The van der Waals surface area contributed by atoms with E-state index in [1.807, 2.05) is 0 Å². The van der Waals surface area contributed by atoms with Crippen LogP contribution in [-0.2, 0) is 31.4 Å². The topological polar surface area (TPSA) is 104 Å². The average molecular weight is 394 g/mol. The Hall–Kier alpha value is -2.43. The molecule has 1 aliphatic heterocycles. The van der Waals surface area contributed by atoms with Crippen LogP contribution in [0.4, 0.5) is 0 Å². The Morgan fingerprint density at radius 2 is 2.22 bits per heavy atom. The summed E-state index contributed by atoms with van der Waals surface area (Å²) >= 11 is 0. The Morgan fingerprint density at radius 1 is 1.41 bits per heavy atom. The van der Waals surface area contributed by atoms with Crippen molar-refractivity contribution < 1.29 is 22.8 Å². The molecular weight excluding hydrogens is 372 g/mol. The Labute approximate surface area is 157 Å². The molecule has 2 aromatic rings. The molecule has 9 nitrogen and oxygen atoms in total. The first-order valence-corrected chi connectivity index (χ1v) is 9.99. The third kappa shape index (κ3) is 4.65. The number of hydrogen-bond donors (Lipinski definition) is 1. The van der Waals surface area contributed by atoms with E-state index in [-0.39, 0.29) is 5.03 Å². The molecule has 3 heterocycles. The van der Waals surface area contributed by atoms with Gasteiger partial charge >= 0.3 is 0 Å². The number of hydrogen-bond acceptors (Lipinski definition) is 6. The maximum absolute atomic E-state index is 12.6. The van der Waals surface area contributed by atoms with E-state index >= 15 is 0 Å². The third-order valence-corrected chi connectivity index (χ3v) is 5.68. The summed E-state index contributed by atoms with van der Waals surface area (Å²) < 4.78 is 33.2. The van der Waals surface area contributed by atoms with E-state index in [2.05, 4.69) is 10.5 Å². The van der Waals surface area contributed by atoms with Crippen molar-refractivity contribution in [3.63, 3.8) is 0 Å². The van der Waals surface area contributed by atoms with Gasteiger partial charge in [-0.2, -0.15) is 8.42 Å². The van der Waals surface area contributed by atoms with Gasteiger partial charge in [-0.15, -0.1) is 0 Å². The molecule has 0 radical (unpaired) electrons. The number of rotatable bonds is 6. The molecule has 146 valence electrons. The Kier molecular flexibility index (Phi) is 5.78. The summed E-state index contributed by atoms with van der Waals surface area (Å²) in [5.74, 6) is 0.139. The lowest BCUT2D eigenvalue weighted by molar-refractivity contribution is -0.198. The number of hydroxylamine groups is 1.